The average Bonchev–Trinajstić information content (AvgIpc) is 2.74. The molecule has 0 aromatic carbocycles. The first-order valence-corrected chi connectivity index (χ1v) is 5.15. The second-order valence-corrected chi connectivity index (χ2v) is 4.82. The van der Waals surface area contributed by atoms with Gasteiger partial charge < -0.3 is 10.6 Å². The Morgan fingerprint density at radius 3 is 2.69 bits per heavy atom. The lowest BCUT2D eigenvalue weighted by Crippen LogP contribution is -2.44. The van der Waals surface area contributed by atoms with E-state index in [9.17, 15) is 4.79 Å². The van der Waals surface area contributed by atoms with Crippen molar-refractivity contribution in [1.29, 1.82) is 0 Å². The summed E-state index contributed by atoms with van der Waals surface area (Å²) in [5.41, 5.74) is 0.438. The first-order valence-electron chi connectivity index (χ1n) is 5.15. The lowest BCUT2D eigenvalue weighted by molar-refractivity contribution is -0.122. The van der Waals surface area contributed by atoms with Gasteiger partial charge in [-0.1, -0.05) is 6.92 Å². The van der Waals surface area contributed by atoms with E-state index in [-0.39, 0.29) is 5.91 Å². The van der Waals surface area contributed by atoms with Crippen LogP contribution in [0.3, 0.4) is 0 Å². The fourth-order valence-corrected chi connectivity index (χ4v) is 1.53. The van der Waals surface area contributed by atoms with E-state index in [1.165, 1.54) is 12.8 Å². The quantitative estimate of drug-likeness (QED) is 0.665. The molecular formula is C10H18N2O. The summed E-state index contributed by atoms with van der Waals surface area (Å²) in [5.74, 6) is 0.826. The molecule has 1 aliphatic carbocycles. The Balaban J connectivity index is 1.60. The SMILES string of the molecule is CC1(CNC(=O)CC2CNC2)CC1. The number of nitrogens with one attached hydrogen (secondary N) is 2. The fraction of sp³-hybridized carbons (Fsp3) is 0.900. The van der Waals surface area contributed by atoms with Gasteiger partial charge in [0.1, 0.15) is 0 Å². The average molecular weight is 182 g/mol. The molecule has 2 N–H and O–H groups in total. The van der Waals surface area contributed by atoms with Gasteiger partial charge in [0.2, 0.25) is 5.91 Å². The molecule has 1 saturated heterocycles. The largest absolute Gasteiger partial charge is 0.356 e. The van der Waals surface area contributed by atoms with Gasteiger partial charge in [0.25, 0.3) is 0 Å². The Labute approximate surface area is 79.3 Å². The molecule has 0 unspecified atom stereocenters. The maximum absolute atomic E-state index is 11.4. The molecule has 2 fully saturated rings. The molecule has 74 valence electrons. The van der Waals surface area contributed by atoms with Crippen LogP contribution in [-0.2, 0) is 4.79 Å². The van der Waals surface area contributed by atoms with Crippen LogP contribution in [0.15, 0.2) is 0 Å². The molecule has 1 aliphatic heterocycles. The normalized spacial score (nSPS) is 25.0. The predicted octanol–water partition coefficient (Wildman–Crippen LogP) is 0.512. The summed E-state index contributed by atoms with van der Waals surface area (Å²) in [4.78, 5) is 11.4. The topological polar surface area (TPSA) is 41.1 Å². The van der Waals surface area contributed by atoms with Crippen molar-refractivity contribution >= 4 is 5.91 Å². The molecule has 0 aromatic heterocycles. The Kier molecular flexibility index (Phi) is 2.28. The zero-order valence-electron chi connectivity index (χ0n) is 8.23. The van der Waals surface area contributed by atoms with Crippen LogP contribution in [0.2, 0.25) is 0 Å². The molecule has 13 heavy (non-hydrogen) atoms. The van der Waals surface area contributed by atoms with E-state index in [4.69, 9.17) is 0 Å². The minimum Gasteiger partial charge on any atom is -0.356 e. The minimum atomic E-state index is 0.236. The van der Waals surface area contributed by atoms with Crippen molar-refractivity contribution in [1.82, 2.24) is 10.6 Å². The number of rotatable bonds is 4. The van der Waals surface area contributed by atoms with Crippen molar-refractivity contribution in [2.24, 2.45) is 11.3 Å². The standard InChI is InChI=1S/C10H18N2O/c1-10(2-3-10)7-12-9(13)4-8-5-11-6-8/h8,11H,2-7H2,1H3,(H,12,13). The molecular weight excluding hydrogens is 164 g/mol. The van der Waals surface area contributed by atoms with Gasteiger partial charge in [-0.05, 0) is 37.3 Å². The van der Waals surface area contributed by atoms with E-state index in [0.29, 0.717) is 17.8 Å². The van der Waals surface area contributed by atoms with Crippen molar-refractivity contribution < 1.29 is 4.79 Å². The van der Waals surface area contributed by atoms with E-state index in [0.717, 1.165) is 19.6 Å². The Morgan fingerprint density at radius 2 is 2.23 bits per heavy atom. The number of carbonyl (C=O) groups is 1. The van der Waals surface area contributed by atoms with Gasteiger partial charge >= 0.3 is 0 Å². The second kappa shape index (κ2) is 3.29. The van der Waals surface area contributed by atoms with Crippen molar-refractivity contribution in [2.75, 3.05) is 19.6 Å². The molecule has 0 aromatic rings. The highest BCUT2D eigenvalue weighted by Crippen LogP contribution is 2.44. The van der Waals surface area contributed by atoms with Crippen molar-refractivity contribution in [3.05, 3.63) is 0 Å². The molecule has 1 saturated carbocycles. The van der Waals surface area contributed by atoms with Crippen molar-refractivity contribution in [3.63, 3.8) is 0 Å². The molecule has 2 aliphatic rings. The Hall–Kier alpha value is -0.570. The molecule has 0 radical (unpaired) electrons. The molecule has 0 bridgehead atoms. The van der Waals surface area contributed by atoms with Crippen LogP contribution in [0.25, 0.3) is 0 Å². The van der Waals surface area contributed by atoms with E-state index in [1.54, 1.807) is 0 Å². The minimum absolute atomic E-state index is 0.236. The summed E-state index contributed by atoms with van der Waals surface area (Å²) >= 11 is 0. The number of hydrogen-bond donors (Lipinski definition) is 2. The van der Waals surface area contributed by atoms with Crippen LogP contribution in [0.5, 0.6) is 0 Å². The Bertz CT molecular complexity index is 207. The van der Waals surface area contributed by atoms with Crippen LogP contribution >= 0.6 is 0 Å². The highest BCUT2D eigenvalue weighted by molar-refractivity contribution is 5.76. The third-order valence-corrected chi connectivity index (χ3v) is 3.16. The maximum atomic E-state index is 11.4. The van der Waals surface area contributed by atoms with Gasteiger partial charge in [-0.2, -0.15) is 0 Å². The van der Waals surface area contributed by atoms with Gasteiger partial charge in [-0.3, -0.25) is 4.79 Å². The molecule has 3 heteroatoms. The van der Waals surface area contributed by atoms with E-state index in [1.807, 2.05) is 0 Å². The fourth-order valence-electron chi connectivity index (χ4n) is 1.53. The molecule has 2 rings (SSSR count). The summed E-state index contributed by atoms with van der Waals surface area (Å²) in [6, 6.07) is 0. The smallest absolute Gasteiger partial charge is 0.220 e. The third kappa shape index (κ3) is 2.44. The van der Waals surface area contributed by atoms with E-state index in [2.05, 4.69) is 17.6 Å². The second-order valence-electron chi connectivity index (χ2n) is 4.82. The maximum Gasteiger partial charge on any atom is 0.220 e. The molecule has 0 spiro atoms. The molecule has 1 amide bonds. The third-order valence-electron chi connectivity index (χ3n) is 3.16. The summed E-state index contributed by atoms with van der Waals surface area (Å²) in [6.45, 7) is 5.15. The van der Waals surface area contributed by atoms with Gasteiger partial charge in [0.05, 0.1) is 0 Å². The summed E-state index contributed by atoms with van der Waals surface area (Å²) in [6.07, 6.45) is 3.26. The van der Waals surface area contributed by atoms with E-state index >= 15 is 0 Å². The summed E-state index contributed by atoms with van der Waals surface area (Å²) < 4.78 is 0. The van der Waals surface area contributed by atoms with Crippen LogP contribution in [0, 0.1) is 11.3 Å². The summed E-state index contributed by atoms with van der Waals surface area (Å²) in [5, 5.41) is 6.19. The van der Waals surface area contributed by atoms with Crippen molar-refractivity contribution in [3.8, 4) is 0 Å². The van der Waals surface area contributed by atoms with Crippen LogP contribution in [-0.4, -0.2) is 25.5 Å². The predicted molar refractivity (Wildman–Crippen MR) is 51.3 cm³/mol. The lowest BCUT2D eigenvalue weighted by Gasteiger charge is -2.26. The first kappa shape index (κ1) is 9.00. The van der Waals surface area contributed by atoms with Crippen molar-refractivity contribution in [2.45, 2.75) is 26.2 Å². The van der Waals surface area contributed by atoms with Crippen LogP contribution < -0.4 is 10.6 Å². The summed E-state index contributed by atoms with van der Waals surface area (Å²) in [7, 11) is 0. The number of amides is 1. The highest BCUT2D eigenvalue weighted by Gasteiger charge is 2.37. The first-order chi connectivity index (χ1) is 6.18. The molecule has 0 atom stereocenters. The zero-order valence-corrected chi connectivity index (χ0v) is 8.23. The van der Waals surface area contributed by atoms with Gasteiger partial charge in [-0.25, -0.2) is 0 Å². The van der Waals surface area contributed by atoms with E-state index < -0.39 is 0 Å². The van der Waals surface area contributed by atoms with Crippen LogP contribution in [0.4, 0.5) is 0 Å². The Morgan fingerprint density at radius 1 is 1.54 bits per heavy atom. The monoisotopic (exact) mass is 182 g/mol. The lowest BCUT2D eigenvalue weighted by atomic mass is 9.99. The van der Waals surface area contributed by atoms with Gasteiger partial charge in [0.15, 0.2) is 0 Å². The van der Waals surface area contributed by atoms with Gasteiger partial charge in [0, 0.05) is 13.0 Å². The zero-order chi connectivity index (χ0) is 9.31. The number of hydrogen-bond acceptors (Lipinski definition) is 2. The van der Waals surface area contributed by atoms with Crippen LogP contribution in [0.1, 0.15) is 26.2 Å². The van der Waals surface area contributed by atoms with Gasteiger partial charge in [-0.15, -0.1) is 0 Å². The highest BCUT2D eigenvalue weighted by atomic mass is 16.1. The molecule has 1 heterocycles. The molecule has 3 nitrogen and oxygen atoms in total. The number of carbonyl (C=O) groups excluding carboxylic acids is 1.